The molecule has 4 rings (SSSR count). The number of carbonyl (C=O) groups is 3. The van der Waals surface area contributed by atoms with Gasteiger partial charge < -0.3 is 26.0 Å². The molecule has 10 nitrogen and oxygen atoms in total. The van der Waals surface area contributed by atoms with Crippen molar-refractivity contribution in [1.82, 2.24) is 9.30 Å². The van der Waals surface area contributed by atoms with Crippen LogP contribution in [0.3, 0.4) is 0 Å². The molecular formula is C20H25N4O6S2+. The van der Waals surface area contributed by atoms with Crippen molar-refractivity contribution < 1.29 is 34.3 Å². The van der Waals surface area contributed by atoms with Gasteiger partial charge in [0, 0.05) is 23.9 Å². The van der Waals surface area contributed by atoms with Crippen LogP contribution >= 0.6 is 23.1 Å². The number of hydrogen-bond donors (Lipinski definition) is 4. The number of carboxylic acids is 1. The van der Waals surface area contributed by atoms with Gasteiger partial charge >= 0.3 is 5.97 Å². The fraction of sp³-hybridized carbons (Fsp3) is 0.500. The molecule has 0 spiro atoms. The number of amides is 2. The zero-order chi connectivity index (χ0) is 23.3. The molecule has 2 amide bonds. The van der Waals surface area contributed by atoms with Crippen LogP contribution in [0.2, 0.25) is 0 Å². The van der Waals surface area contributed by atoms with Crippen molar-refractivity contribution in [3.8, 4) is 0 Å². The molecule has 0 radical (unpaired) electrons. The van der Waals surface area contributed by atoms with Crippen molar-refractivity contribution in [2.75, 3.05) is 12.4 Å². The molecule has 172 valence electrons. The van der Waals surface area contributed by atoms with Gasteiger partial charge in [0.2, 0.25) is 15.8 Å². The van der Waals surface area contributed by atoms with Crippen LogP contribution in [0.5, 0.6) is 0 Å². The first-order chi connectivity index (χ1) is 15.2. The number of rotatable bonds is 9. The lowest BCUT2D eigenvalue weighted by molar-refractivity contribution is -0.717. The highest BCUT2D eigenvalue weighted by atomic mass is 32.2. The number of aliphatic hydroxyl groups excluding tert-OH is 2. The van der Waals surface area contributed by atoms with Gasteiger partial charge in [-0.05, 0) is 13.3 Å². The zero-order valence-corrected chi connectivity index (χ0v) is 19.2. The van der Waals surface area contributed by atoms with Gasteiger partial charge in [0.25, 0.3) is 12.2 Å². The number of hydrogen-bond acceptors (Lipinski definition) is 7. The maximum absolute atomic E-state index is 12.6. The third kappa shape index (κ3) is 3.51. The number of thiazole rings is 1. The number of aliphatic carboxylic acids is 1. The average molecular weight is 482 g/mol. The van der Waals surface area contributed by atoms with Crippen LogP contribution in [-0.4, -0.2) is 66.9 Å². The number of aromatic nitrogens is 2. The number of fused-ring (bicyclic) bond motifs is 2. The number of primary amides is 1. The largest absolute Gasteiger partial charge is 0.477 e. The summed E-state index contributed by atoms with van der Waals surface area (Å²) in [6, 6.07) is -0.386. The van der Waals surface area contributed by atoms with E-state index in [1.54, 1.807) is 24.0 Å². The smallest absolute Gasteiger partial charge is 0.352 e. The summed E-state index contributed by atoms with van der Waals surface area (Å²) in [5.41, 5.74) is 5.92. The molecule has 5 N–H and O–H groups in total. The molecule has 1 fully saturated rings. The predicted octanol–water partition coefficient (Wildman–Crippen LogP) is -0.0987. The second kappa shape index (κ2) is 8.50. The highest BCUT2D eigenvalue weighted by molar-refractivity contribution is 7.99. The van der Waals surface area contributed by atoms with E-state index >= 15 is 0 Å². The number of thioether (sulfide) groups is 1. The molecule has 4 atom stereocenters. The van der Waals surface area contributed by atoms with Crippen LogP contribution < -0.4 is 10.3 Å². The number of imidazole rings is 1. The Hall–Kier alpha value is -2.41. The second-order valence-electron chi connectivity index (χ2n) is 8.07. The quantitative estimate of drug-likeness (QED) is 0.169. The SMILES string of the molecule is C[C@@H](O)[C@H]1C(=O)N2C(C(=O)O)=C(c3cn4c[n+](CC(N)=O)c(SCCCO)c4s3)[C@H](C)[C@H]12. The summed E-state index contributed by atoms with van der Waals surface area (Å²) >= 11 is 2.87. The monoisotopic (exact) mass is 481 g/mol. The molecule has 2 aromatic rings. The van der Waals surface area contributed by atoms with Gasteiger partial charge in [0.1, 0.15) is 11.9 Å². The Morgan fingerprint density at radius 1 is 1.41 bits per heavy atom. The van der Waals surface area contributed by atoms with E-state index in [0.29, 0.717) is 22.6 Å². The van der Waals surface area contributed by atoms with E-state index in [4.69, 9.17) is 10.8 Å². The fourth-order valence-electron chi connectivity index (χ4n) is 4.61. The molecule has 0 saturated carbocycles. The number of β-lactam (4-membered cyclic amide) rings is 1. The Kier molecular flexibility index (Phi) is 6.05. The highest BCUT2D eigenvalue weighted by Gasteiger charge is 2.60. The standard InChI is InChI=1S/C20H24N4O6S2/c1-9-13(16(20(29)30)24-15(9)14(10(2)26)17(24)28)11-6-22-8-23(7-12(21)27)18(19(22)32-11)31-5-3-4-25/h6,8-10,14-15,25-26H,3-5,7H2,1-2H3,(H2-,21,27,29,30)/p+1/t9-,10+,14+,15+/m0/s1. The summed E-state index contributed by atoms with van der Waals surface area (Å²) in [6.45, 7) is 3.49. The van der Waals surface area contributed by atoms with E-state index in [9.17, 15) is 24.6 Å². The molecule has 32 heavy (non-hydrogen) atoms. The molecule has 0 aliphatic carbocycles. The summed E-state index contributed by atoms with van der Waals surface area (Å²) in [5.74, 6) is -2.26. The topological polar surface area (TPSA) is 149 Å². The molecule has 2 aliphatic rings. The van der Waals surface area contributed by atoms with Gasteiger partial charge in [0.05, 0.1) is 22.9 Å². The van der Waals surface area contributed by atoms with Crippen LogP contribution in [-0.2, 0) is 20.9 Å². The first kappa shape index (κ1) is 22.8. The lowest BCUT2D eigenvalue weighted by Gasteiger charge is -2.46. The number of carbonyl (C=O) groups excluding carboxylic acids is 2. The molecule has 2 aliphatic heterocycles. The third-order valence-corrected chi connectivity index (χ3v) is 8.38. The third-order valence-electron chi connectivity index (χ3n) is 5.91. The van der Waals surface area contributed by atoms with Gasteiger partial charge in [-0.2, -0.15) is 4.40 Å². The van der Waals surface area contributed by atoms with Gasteiger partial charge in [-0.15, -0.1) is 0 Å². The molecule has 1 saturated heterocycles. The van der Waals surface area contributed by atoms with Gasteiger partial charge in [-0.1, -0.05) is 30.0 Å². The Morgan fingerprint density at radius 3 is 2.72 bits per heavy atom. The maximum Gasteiger partial charge on any atom is 0.352 e. The first-order valence-electron chi connectivity index (χ1n) is 10.2. The van der Waals surface area contributed by atoms with E-state index in [0.717, 1.165) is 9.86 Å². The summed E-state index contributed by atoms with van der Waals surface area (Å²) < 4.78 is 3.57. The van der Waals surface area contributed by atoms with Crippen LogP contribution in [0.15, 0.2) is 23.2 Å². The van der Waals surface area contributed by atoms with E-state index in [2.05, 4.69) is 0 Å². The van der Waals surface area contributed by atoms with Crippen molar-refractivity contribution >= 4 is 51.3 Å². The van der Waals surface area contributed by atoms with Crippen LogP contribution in [0.25, 0.3) is 10.4 Å². The summed E-state index contributed by atoms with van der Waals surface area (Å²) in [5, 5.41) is 29.8. The van der Waals surface area contributed by atoms with Crippen LogP contribution in [0, 0.1) is 11.8 Å². The number of aliphatic hydroxyl groups is 2. The minimum absolute atomic E-state index is 0.00505. The van der Waals surface area contributed by atoms with Gasteiger partial charge in [-0.3, -0.25) is 9.59 Å². The summed E-state index contributed by atoms with van der Waals surface area (Å²) in [4.78, 5) is 39.0. The van der Waals surface area contributed by atoms with Crippen LogP contribution in [0.1, 0.15) is 25.1 Å². The first-order valence-corrected chi connectivity index (χ1v) is 12.0. The molecule has 12 heteroatoms. The van der Waals surface area contributed by atoms with Crippen molar-refractivity contribution in [3.05, 3.63) is 23.1 Å². The molecule has 2 aromatic heterocycles. The normalized spacial score (nSPS) is 23.6. The fourth-order valence-corrected chi connectivity index (χ4v) is 7.06. The lowest BCUT2D eigenvalue weighted by atomic mass is 9.77. The number of nitrogens with two attached hydrogens (primary N) is 1. The van der Waals surface area contributed by atoms with Crippen molar-refractivity contribution in [3.63, 3.8) is 0 Å². The number of carboxylic acid groups (broad SMARTS) is 1. The zero-order valence-electron chi connectivity index (χ0n) is 17.6. The Labute approximate surface area is 191 Å². The van der Waals surface area contributed by atoms with E-state index in [-0.39, 0.29) is 36.7 Å². The molecule has 0 bridgehead atoms. The molecule has 0 aromatic carbocycles. The lowest BCUT2D eigenvalue weighted by Crippen LogP contribution is -2.63. The Morgan fingerprint density at radius 2 is 2.12 bits per heavy atom. The molecule has 0 unspecified atom stereocenters. The number of nitrogens with zero attached hydrogens (tertiary/aromatic N) is 3. The Bertz CT molecular complexity index is 1140. The average Bonchev–Trinajstić information content (AvgIpc) is 3.30. The van der Waals surface area contributed by atoms with Crippen molar-refractivity contribution in [1.29, 1.82) is 0 Å². The van der Waals surface area contributed by atoms with Crippen molar-refractivity contribution in [2.45, 2.75) is 44.0 Å². The molecule has 4 heterocycles. The minimum Gasteiger partial charge on any atom is -0.477 e. The van der Waals surface area contributed by atoms with Gasteiger partial charge in [0.15, 0.2) is 6.54 Å². The van der Waals surface area contributed by atoms with Crippen LogP contribution in [0.4, 0.5) is 0 Å². The van der Waals surface area contributed by atoms with Gasteiger partial charge in [-0.25, -0.2) is 9.36 Å². The summed E-state index contributed by atoms with van der Waals surface area (Å²) in [7, 11) is 0. The second-order valence-corrected chi connectivity index (χ2v) is 10.2. The van der Waals surface area contributed by atoms with E-state index < -0.39 is 23.9 Å². The molecular weight excluding hydrogens is 456 g/mol. The predicted molar refractivity (Wildman–Crippen MR) is 117 cm³/mol. The van der Waals surface area contributed by atoms with E-state index in [1.165, 1.54) is 28.0 Å². The van der Waals surface area contributed by atoms with Crippen molar-refractivity contribution in [2.24, 2.45) is 17.6 Å². The van der Waals surface area contributed by atoms with E-state index in [1.807, 2.05) is 11.3 Å². The maximum atomic E-state index is 12.6. The highest BCUT2D eigenvalue weighted by Crippen LogP contribution is 2.51. The Balaban J connectivity index is 1.78. The minimum atomic E-state index is -1.17. The summed E-state index contributed by atoms with van der Waals surface area (Å²) in [6.07, 6.45) is 3.26.